The van der Waals surface area contributed by atoms with Crippen LogP contribution in [0.15, 0.2) is 5.10 Å². The van der Waals surface area contributed by atoms with E-state index in [4.69, 9.17) is 9.84 Å². The SMILES string of the molecule is OC[C@H]1O[C@@H](/C=N/Nc2c(F)c(F)c(F)c(F)c2F)[C@@H](O)[C@@H]1O. The summed E-state index contributed by atoms with van der Waals surface area (Å²) in [6.45, 7) is -0.604. The predicted molar refractivity (Wildman–Crippen MR) is 66.1 cm³/mol. The summed E-state index contributed by atoms with van der Waals surface area (Å²) in [5.74, 6) is -10.8. The van der Waals surface area contributed by atoms with Gasteiger partial charge < -0.3 is 20.1 Å². The molecule has 0 saturated carbocycles. The lowest BCUT2D eigenvalue weighted by atomic mass is 10.1. The van der Waals surface area contributed by atoms with Gasteiger partial charge in [0.15, 0.2) is 23.3 Å². The van der Waals surface area contributed by atoms with Crippen molar-refractivity contribution in [1.82, 2.24) is 0 Å². The van der Waals surface area contributed by atoms with Gasteiger partial charge in [-0.15, -0.1) is 0 Å². The second-order valence-electron chi connectivity index (χ2n) is 4.64. The fourth-order valence-electron chi connectivity index (χ4n) is 1.93. The number of rotatable bonds is 4. The molecule has 1 saturated heterocycles. The zero-order valence-corrected chi connectivity index (χ0v) is 11.2. The van der Waals surface area contributed by atoms with Crippen molar-refractivity contribution in [2.24, 2.45) is 5.10 Å². The molecule has 2 rings (SSSR count). The average molecular weight is 342 g/mol. The summed E-state index contributed by atoms with van der Waals surface area (Å²) < 4.78 is 70.4. The first-order valence-electron chi connectivity index (χ1n) is 6.22. The summed E-state index contributed by atoms with van der Waals surface area (Å²) in [6, 6.07) is 0. The van der Waals surface area contributed by atoms with Crippen LogP contribution < -0.4 is 5.43 Å². The molecule has 0 aliphatic carbocycles. The summed E-state index contributed by atoms with van der Waals surface area (Å²) >= 11 is 0. The molecule has 0 amide bonds. The Balaban J connectivity index is 2.16. The number of hydrogen-bond acceptors (Lipinski definition) is 6. The number of benzene rings is 1. The maximum absolute atomic E-state index is 13.3. The summed E-state index contributed by atoms with van der Waals surface area (Å²) in [5, 5.41) is 31.1. The van der Waals surface area contributed by atoms with Crippen molar-refractivity contribution >= 4 is 11.9 Å². The minimum atomic E-state index is -2.31. The second-order valence-corrected chi connectivity index (χ2v) is 4.64. The normalized spacial score (nSPS) is 27.8. The topological polar surface area (TPSA) is 94.3 Å². The van der Waals surface area contributed by atoms with Crippen LogP contribution in [0.2, 0.25) is 0 Å². The highest BCUT2D eigenvalue weighted by Gasteiger charge is 2.41. The predicted octanol–water partition coefficient (Wildman–Crippen LogP) is 0.261. The lowest BCUT2D eigenvalue weighted by Crippen LogP contribution is -2.34. The maximum Gasteiger partial charge on any atom is 0.200 e. The number of hydrogen-bond donors (Lipinski definition) is 4. The number of hydrazone groups is 1. The third-order valence-corrected chi connectivity index (χ3v) is 3.19. The van der Waals surface area contributed by atoms with Crippen molar-refractivity contribution in [1.29, 1.82) is 0 Å². The number of nitrogens with zero attached hydrogens (tertiary/aromatic N) is 1. The molecule has 0 unspecified atom stereocenters. The smallest absolute Gasteiger partial charge is 0.200 e. The summed E-state index contributed by atoms with van der Waals surface area (Å²) in [6.07, 6.45) is -4.52. The summed E-state index contributed by atoms with van der Waals surface area (Å²) in [7, 11) is 0. The van der Waals surface area contributed by atoms with Crippen LogP contribution in [0, 0.1) is 29.1 Å². The Morgan fingerprint density at radius 2 is 1.48 bits per heavy atom. The highest BCUT2D eigenvalue weighted by molar-refractivity contribution is 5.66. The van der Waals surface area contributed by atoms with Gasteiger partial charge in [-0.05, 0) is 0 Å². The molecule has 1 aromatic rings. The van der Waals surface area contributed by atoms with Gasteiger partial charge in [0.2, 0.25) is 5.82 Å². The largest absolute Gasteiger partial charge is 0.394 e. The van der Waals surface area contributed by atoms with Crippen LogP contribution in [0.25, 0.3) is 0 Å². The van der Waals surface area contributed by atoms with Crippen LogP contribution in [-0.2, 0) is 4.74 Å². The van der Waals surface area contributed by atoms with Crippen molar-refractivity contribution in [3.63, 3.8) is 0 Å². The summed E-state index contributed by atoms with van der Waals surface area (Å²) in [4.78, 5) is 0. The van der Waals surface area contributed by atoms with Gasteiger partial charge in [0, 0.05) is 0 Å². The first kappa shape index (κ1) is 17.5. The quantitative estimate of drug-likeness (QED) is 0.207. The van der Waals surface area contributed by atoms with E-state index in [2.05, 4.69) is 5.10 Å². The van der Waals surface area contributed by atoms with Crippen LogP contribution in [0.1, 0.15) is 0 Å². The Morgan fingerprint density at radius 1 is 0.957 bits per heavy atom. The second kappa shape index (κ2) is 6.74. The average Bonchev–Trinajstić information content (AvgIpc) is 2.82. The van der Waals surface area contributed by atoms with E-state index in [1.54, 1.807) is 5.43 Å². The van der Waals surface area contributed by atoms with Crippen LogP contribution in [-0.4, -0.2) is 52.6 Å². The fraction of sp³-hybridized carbons (Fsp3) is 0.417. The molecule has 0 aromatic heterocycles. The molecule has 1 heterocycles. The molecule has 1 aromatic carbocycles. The molecule has 11 heteroatoms. The molecule has 4 N–H and O–H groups in total. The van der Waals surface area contributed by atoms with E-state index in [9.17, 15) is 32.2 Å². The van der Waals surface area contributed by atoms with E-state index in [0.717, 1.165) is 6.21 Å². The van der Waals surface area contributed by atoms with Crippen LogP contribution in [0.4, 0.5) is 27.6 Å². The lowest BCUT2D eigenvalue weighted by molar-refractivity contribution is -0.00956. The fourth-order valence-corrected chi connectivity index (χ4v) is 1.93. The third-order valence-electron chi connectivity index (χ3n) is 3.19. The van der Waals surface area contributed by atoms with Gasteiger partial charge >= 0.3 is 0 Å². The molecule has 1 aliphatic heterocycles. The summed E-state index contributed by atoms with van der Waals surface area (Å²) in [5.41, 5.74) is 0.238. The van der Waals surface area contributed by atoms with E-state index < -0.39 is 65.8 Å². The minimum Gasteiger partial charge on any atom is -0.394 e. The van der Waals surface area contributed by atoms with E-state index in [0.29, 0.717) is 0 Å². The Hall–Kier alpha value is -1.82. The van der Waals surface area contributed by atoms with Crippen LogP contribution in [0.3, 0.4) is 0 Å². The van der Waals surface area contributed by atoms with Crippen molar-refractivity contribution in [2.45, 2.75) is 24.4 Å². The van der Waals surface area contributed by atoms with E-state index in [-0.39, 0.29) is 0 Å². The van der Waals surface area contributed by atoms with Gasteiger partial charge in [-0.2, -0.15) is 5.10 Å². The van der Waals surface area contributed by atoms with Crippen LogP contribution in [0.5, 0.6) is 0 Å². The van der Waals surface area contributed by atoms with Gasteiger partial charge in [0.25, 0.3) is 0 Å². The molecule has 1 fully saturated rings. The first-order chi connectivity index (χ1) is 10.8. The zero-order chi connectivity index (χ0) is 17.3. The van der Waals surface area contributed by atoms with Gasteiger partial charge in [-0.3, -0.25) is 5.43 Å². The van der Waals surface area contributed by atoms with Gasteiger partial charge in [0.05, 0.1) is 12.8 Å². The zero-order valence-electron chi connectivity index (χ0n) is 11.2. The van der Waals surface area contributed by atoms with E-state index >= 15 is 0 Å². The highest BCUT2D eigenvalue weighted by Crippen LogP contribution is 2.27. The molecule has 0 bridgehead atoms. The van der Waals surface area contributed by atoms with Crippen LogP contribution >= 0.6 is 0 Å². The number of ether oxygens (including phenoxy) is 1. The number of aliphatic hydroxyl groups excluding tert-OH is 3. The Kier molecular flexibility index (Phi) is 5.14. The molecule has 6 nitrogen and oxygen atoms in total. The molecule has 4 atom stereocenters. The maximum atomic E-state index is 13.3. The molecule has 1 aliphatic rings. The van der Waals surface area contributed by atoms with Crippen molar-refractivity contribution in [3.8, 4) is 0 Å². The van der Waals surface area contributed by atoms with Crippen molar-refractivity contribution < 1.29 is 42.0 Å². The number of aliphatic hydroxyl groups is 3. The van der Waals surface area contributed by atoms with E-state index in [1.165, 1.54) is 0 Å². The van der Waals surface area contributed by atoms with Gasteiger partial charge in [0.1, 0.15) is 30.1 Å². The Bertz CT molecular complexity index is 601. The Morgan fingerprint density at radius 3 is 1.96 bits per heavy atom. The van der Waals surface area contributed by atoms with Crippen molar-refractivity contribution in [2.75, 3.05) is 12.0 Å². The standard InChI is InChI=1S/C12H11F5N2O4/c13-5-6(14)8(16)10(9(17)7(5)15)19-18-1-3-11(21)12(22)4(2-20)23-3/h1,3-4,11-12,19-22H,2H2/b18-1+/t3-,4+,11+,12+/m0/s1. The first-order valence-corrected chi connectivity index (χ1v) is 6.22. The number of halogens is 5. The molecule has 0 radical (unpaired) electrons. The molecule has 128 valence electrons. The van der Waals surface area contributed by atoms with Gasteiger partial charge in [-0.25, -0.2) is 22.0 Å². The Labute approximate surface area is 125 Å². The molecule has 23 heavy (non-hydrogen) atoms. The molecular formula is C12H11F5N2O4. The third kappa shape index (κ3) is 3.13. The van der Waals surface area contributed by atoms with Gasteiger partial charge in [-0.1, -0.05) is 0 Å². The molecule has 0 spiro atoms. The number of anilines is 1. The van der Waals surface area contributed by atoms with Crippen molar-refractivity contribution in [3.05, 3.63) is 29.1 Å². The highest BCUT2D eigenvalue weighted by atomic mass is 19.2. The lowest BCUT2D eigenvalue weighted by Gasteiger charge is -2.10. The monoisotopic (exact) mass is 342 g/mol. The minimum absolute atomic E-state index is 0.604. The van der Waals surface area contributed by atoms with E-state index in [1.807, 2.05) is 0 Å². The molecular weight excluding hydrogens is 331 g/mol. The number of nitrogens with one attached hydrogen (secondary N) is 1.